The summed E-state index contributed by atoms with van der Waals surface area (Å²) in [7, 11) is 2.00. The maximum atomic E-state index is 12.2. The number of aryl methyl sites for hydroxylation is 1. The molecule has 0 unspecified atom stereocenters. The molecule has 21 heavy (non-hydrogen) atoms. The summed E-state index contributed by atoms with van der Waals surface area (Å²) in [5.74, 6) is 2.07. The first-order valence-electron chi connectivity index (χ1n) is 8.19. The summed E-state index contributed by atoms with van der Waals surface area (Å²) < 4.78 is 2.02. The van der Waals surface area contributed by atoms with Gasteiger partial charge in [-0.3, -0.25) is 4.79 Å². The zero-order valence-electron chi connectivity index (χ0n) is 12.9. The van der Waals surface area contributed by atoms with Crippen LogP contribution in [0.15, 0.2) is 12.4 Å². The summed E-state index contributed by atoms with van der Waals surface area (Å²) in [6, 6.07) is 0.276. The Morgan fingerprint density at radius 3 is 2.86 bits per heavy atom. The Morgan fingerprint density at radius 2 is 2.14 bits per heavy atom. The summed E-state index contributed by atoms with van der Waals surface area (Å²) in [5, 5.41) is 3.48. The Kier molecular flexibility index (Phi) is 4.58. The van der Waals surface area contributed by atoms with Gasteiger partial charge in [-0.1, -0.05) is 19.3 Å². The van der Waals surface area contributed by atoms with E-state index in [1.165, 1.54) is 32.1 Å². The highest BCUT2D eigenvalue weighted by molar-refractivity contribution is 5.79. The van der Waals surface area contributed by atoms with Gasteiger partial charge in [-0.25, -0.2) is 4.98 Å². The second-order valence-electron chi connectivity index (χ2n) is 6.54. The first kappa shape index (κ1) is 14.6. The van der Waals surface area contributed by atoms with Crippen LogP contribution in [0.5, 0.6) is 0 Å². The van der Waals surface area contributed by atoms with E-state index in [-0.39, 0.29) is 6.04 Å². The van der Waals surface area contributed by atoms with Gasteiger partial charge in [-0.05, 0) is 18.8 Å². The van der Waals surface area contributed by atoms with Crippen molar-refractivity contribution in [3.05, 3.63) is 18.2 Å². The molecule has 1 saturated carbocycles. The number of rotatable bonds is 5. The number of imidazole rings is 1. The minimum Gasteiger partial charge on any atom is -0.341 e. The summed E-state index contributed by atoms with van der Waals surface area (Å²) in [5.41, 5.74) is 0. The third kappa shape index (κ3) is 3.64. The van der Waals surface area contributed by atoms with Gasteiger partial charge in [0, 0.05) is 45.0 Å². The lowest BCUT2D eigenvalue weighted by Gasteiger charge is -2.27. The number of carbonyl (C=O) groups is 1. The van der Waals surface area contributed by atoms with Gasteiger partial charge < -0.3 is 14.8 Å². The number of likely N-dealkylation sites (tertiary alicyclic amines) is 1. The lowest BCUT2D eigenvalue weighted by molar-refractivity contribution is -0.128. The van der Waals surface area contributed by atoms with Gasteiger partial charge in [0.15, 0.2) is 0 Å². The normalized spacial score (nSPS) is 24.0. The van der Waals surface area contributed by atoms with Crippen LogP contribution in [-0.2, 0) is 18.4 Å². The van der Waals surface area contributed by atoms with E-state index in [1.807, 2.05) is 24.0 Å². The smallest absolute Gasteiger partial charge is 0.224 e. The van der Waals surface area contributed by atoms with Crippen LogP contribution in [0.25, 0.3) is 0 Å². The van der Waals surface area contributed by atoms with E-state index in [0.717, 1.165) is 31.4 Å². The van der Waals surface area contributed by atoms with Gasteiger partial charge in [-0.15, -0.1) is 0 Å². The molecule has 0 bridgehead atoms. The Hall–Kier alpha value is -1.36. The molecule has 2 heterocycles. The van der Waals surface area contributed by atoms with Crippen LogP contribution in [0.1, 0.15) is 44.3 Å². The maximum Gasteiger partial charge on any atom is 0.224 e. The molecule has 1 aromatic rings. The molecule has 1 aliphatic heterocycles. The molecule has 0 aromatic carbocycles. The van der Waals surface area contributed by atoms with Crippen molar-refractivity contribution in [1.29, 1.82) is 0 Å². The highest BCUT2D eigenvalue weighted by Crippen LogP contribution is 2.26. The van der Waals surface area contributed by atoms with E-state index in [0.29, 0.717) is 12.3 Å². The Bertz CT molecular complexity index is 478. The number of hydrogen-bond donors (Lipinski definition) is 1. The van der Waals surface area contributed by atoms with E-state index in [2.05, 4.69) is 15.2 Å². The van der Waals surface area contributed by atoms with E-state index in [1.54, 1.807) is 0 Å². The minimum absolute atomic E-state index is 0.276. The van der Waals surface area contributed by atoms with Crippen molar-refractivity contribution in [3.63, 3.8) is 0 Å². The molecule has 1 aliphatic carbocycles. The van der Waals surface area contributed by atoms with Crippen molar-refractivity contribution < 1.29 is 4.79 Å². The van der Waals surface area contributed by atoms with E-state index in [4.69, 9.17) is 0 Å². The lowest BCUT2D eigenvalue weighted by Crippen LogP contribution is -2.35. The van der Waals surface area contributed by atoms with Crippen LogP contribution in [0.4, 0.5) is 0 Å². The summed E-state index contributed by atoms with van der Waals surface area (Å²) >= 11 is 0. The fourth-order valence-corrected chi connectivity index (χ4v) is 3.57. The van der Waals surface area contributed by atoms with E-state index >= 15 is 0 Å². The number of nitrogens with one attached hydrogen (secondary N) is 1. The van der Waals surface area contributed by atoms with Gasteiger partial charge in [0.2, 0.25) is 5.91 Å². The zero-order chi connectivity index (χ0) is 14.7. The molecule has 0 spiro atoms. The molecule has 1 amide bonds. The molecule has 5 heteroatoms. The van der Waals surface area contributed by atoms with Crippen LogP contribution in [-0.4, -0.2) is 39.5 Å². The summed E-state index contributed by atoms with van der Waals surface area (Å²) in [4.78, 5) is 18.5. The summed E-state index contributed by atoms with van der Waals surface area (Å²) in [6.45, 7) is 2.57. The first-order chi connectivity index (χ1) is 10.2. The molecule has 1 N–H and O–H groups in total. The standard InChI is InChI=1S/C16H26N4O/c1-19-8-7-17-15(19)10-18-14-9-16(21)20(12-14)11-13-5-3-2-4-6-13/h7-8,13-14,18H,2-6,9-12H2,1H3/t14-/m1/s1. The summed E-state index contributed by atoms with van der Waals surface area (Å²) in [6.07, 6.45) is 11.1. The number of aromatic nitrogens is 2. The molecule has 2 aliphatic rings. The number of nitrogens with zero attached hydrogens (tertiary/aromatic N) is 3. The van der Waals surface area contributed by atoms with Gasteiger partial charge in [0.05, 0.1) is 6.54 Å². The fraction of sp³-hybridized carbons (Fsp3) is 0.750. The SMILES string of the molecule is Cn1ccnc1CN[C@@H]1CC(=O)N(CC2CCCCC2)C1. The molecule has 5 nitrogen and oxygen atoms in total. The Labute approximate surface area is 126 Å². The Balaban J connectivity index is 1.46. The highest BCUT2D eigenvalue weighted by atomic mass is 16.2. The van der Waals surface area contributed by atoms with Crippen LogP contribution in [0.2, 0.25) is 0 Å². The molecular weight excluding hydrogens is 264 g/mol. The average Bonchev–Trinajstić information content (AvgIpc) is 3.04. The van der Waals surface area contributed by atoms with Crippen LogP contribution < -0.4 is 5.32 Å². The zero-order valence-corrected chi connectivity index (χ0v) is 12.9. The minimum atomic E-state index is 0.276. The lowest BCUT2D eigenvalue weighted by atomic mass is 9.89. The molecule has 1 aromatic heterocycles. The molecule has 2 fully saturated rings. The predicted octanol–water partition coefficient (Wildman–Crippen LogP) is 1.69. The fourth-order valence-electron chi connectivity index (χ4n) is 3.57. The molecule has 1 atom stereocenters. The van der Waals surface area contributed by atoms with Gasteiger partial charge in [0.1, 0.15) is 5.82 Å². The number of amides is 1. The monoisotopic (exact) mass is 290 g/mol. The highest BCUT2D eigenvalue weighted by Gasteiger charge is 2.31. The average molecular weight is 290 g/mol. The molecular formula is C16H26N4O. The maximum absolute atomic E-state index is 12.2. The van der Waals surface area contributed by atoms with E-state index < -0.39 is 0 Å². The Morgan fingerprint density at radius 1 is 1.33 bits per heavy atom. The van der Waals surface area contributed by atoms with Crippen molar-refractivity contribution in [2.24, 2.45) is 13.0 Å². The second-order valence-corrected chi connectivity index (χ2v) is 6.54. The van der Waals surface area contributed by atoms with Crippen molar-refractivity contribution in [3.8, 4) is 0 Å². The molecule has 1 saturated heterocycles. The van der Waals surface area contributed by atoms with Gasteiger partial charge >= 0.3 is 0 Å². The molecule has 116 valence electrons. The van der Waals surface area contributed by atoms with Crippen LogP contribution in [0.3, 0.4) is 0 Å². The topological polar surface area (TPSA) is 50.2 Å². The quantitative estimate of drug-likeness (QED) is 0.898. The molecule has 3 rings (SSSR count). The number of carbonyl (C=O) groups excluding carboxylic acids is 1. The predicted molar refractivity (Wildman–Crippen MR) is 81.6 cm³/mol. The largest absolute Gasteiger partial charge is 0.341 e. The van der Waals surface area contributed by atoms with Gasteiger partial charge in [-0.2, -0.15) is 0 Å². The second kappa shape index (κ2) is 6.60. The number of hydrogen-bond acceptors (Lipinski definition) is 3. The van der Waals surface area contributed by atoms with Crippen LogP contribution in [0, 0.1) is 5.92 Å². The van der Waals surface area contributed by atoms with Gasteiger partial charge in [0.25, 0.3) is 0 Å². The third-order valence-corrected chi connectivity index (χ3v) is 4.89. The van der Waals surface area contributed by atoms with Crippen molar-refractivity contribution in [2.45, 2.75) is 51.1 Å². The van der Waals surface area contributed by atoms with Crippen LogP contribution >= 0.6 is 0 Å². The van der Waals surface area contributed by atoms with Crippen molar-refractivity contribution in [1.82, 2.24) is 19.8 Å². The van der Waals surface area contributed by atoms with Crippen molar-refractivity contribution >= 4 is 5.91 Å². The van der Waals surface area contributed by atoms with Crippen molar-refractivity contribution in [2.75, 3.05) is 13.1 Å². The van der Waals surface area contributed by atoms with E-state index in [9.17, 15) is 4.79 Å². The molecule has 0 radical (unpaired) electrons. The third-order valence-electron chi connectivity index (χ3n) is 4.89. The first-order valence-corrected chi connectivity index (χ1v) is 8.19.